The van der Waals surface area contributed by atoms with Crippen molar-refractivity contribution in [3.05, 3.63) is 47.4 Å². The number of hydrogen-bond donors (Lipinski definition) is 2. The Bertz CT molecular complexity index is 1480. The second-order valence-corrected chi connectivity index (χ2v) is 10.7. The summed E-state index contributed by atoms with van der Waals surface area (Å²) in [7, 11) is 1.73. The maximum absolute atomic E-state index is 13.0. The quantitative estimate of drug-likeness (QED) is 0.343. The van der Waals surface area contributed by atoms with Crippen molar-refractivity contribution in [2.75, 3.05) is 32.1 Å². The number of allylic oxidation sites excluding steroid dienone is 3. The van der Waals surface area contributed by atoms with Crippen molar-refractivity contribution >= 4 is 35.0 Å². The van der Waals surface area contributed by atoms with Gasteiger partial charge in [-0.05, 0) is 18.9 Å². The highest BCUT2D eigenvalue weighted by atomic mass is 32.1. The van der Waals surface area contributed by atoms with Crippen LogP contribution in [-0.4, -0.2) is 79.7 Å². The van der Waals surface area contributed by atoms with E-state index in [9.17, 15) is 18.0 Å². The van der Waals surface area contributed by atoms with Crippen LogP contribution in [-0.2, 0) is 9.53 Å². The fourth-order valence-corrected chi connectivity index (χ4v) is 5.02. The summed E-state index contributed by atoms with van der Waals surface area (Å²) in [4.78, 5) is 33.0. The van der Waals surface area contributed by atoms with E-state index >= 15 is 0 Å². The SMILES string of the molecule is C#C.CCC(F)(F)F.COCC1CN(C2=C(n3cnc(C4CC4)c3)CC=C(C(=O)Nc3csc(-c4ncn[nH]4)n3)N=C2)C1. The van der Waals surface area contributed by atoms with Crippen LogP contribution in [0, 0.1) is 18.8 Å². The van der Waals surface area contributed by atoms with Gasteiger partial charge in [-0.2, -0.15) is 18.3 Å². The minimum Gasteiger partial charge on any atom is -0.384 e. The summed E-state index contributed by atoms with van der Waals surface area (Å²) in [6.45, 7) is 3.62. The van der Waals surface area contributed by atoms with E-state index in [-0.39, 0.29) is 5.91 Å². The van der Waals surface area contributed by atoms with E-state index in [2.05, 4.69) is 64.0 Å². The average molecular weight is 616 g/mol. The van der Waals surface area contributed by atoms with Gasteiger partial charge in [0.15, 0.2) is 10.8 Å². The highest BCUT2D eigenvalue weighted by Gasteiger charge is 2.31. The number of aliphatic imine (C=N–C) groups is 1. The fraction of sp³-hybridized carbons (Fsp3) is 0.429. The lowest BCUT2D eigenvalue weighted by atomic mass is 9.99. The summed E-state index contributed by atoms with van der Waals surface area (Å²) in [5.74, 6) is 1.78. The van der Waals surface area contributed by atoms with Gasteiger partial charge in [-0.1, -0.05) is 6.92 Å². The third kappa shape index (κ3) is 8.39. The van der Waals surface area contributed by atoms with Crippen LogP contribution in [0.5, 0.6) is 0 Å². The molecule has 1 amide bonds. The second kappa shape index (κ2) is 14.3. The number of halogens is 3. The average Bonchev–Trinajstić information content (AvgIpc) is 3.32. The zero-order valence-corrected chi connectivity index (χ0v) is 24.5. The van der Waals surface area contributed by atoms with Gasteiger partial charge in [0.25, 0.3) is 5.91 Å². The topological polar surface area (TPSA) is 126 Å². The molecule has 3 aromatic heterocycles. The normalized spacial score (nSPS) is 16.7. The maximum atomic E-state index is 13.0. The number of aromatic nitrogens is 6. The van der Waals surface area contributed by atoms with E-state index in [1.165, 1.54) is 30.5 Å². The van der Waals surface area contributed by atoms with Gasteiger partial charge >= 0.3 is 6.18 Å². The number of nitrogens with zero attached hydrogens (tertiary/aromatic N) is 7. The molecule has 0 atom stereocenters. The Morgan fingerprint density at radius 2 is 2.00 bits per heavy atom. The first-order chi connectivity index (χ1) is 20.7. The zero-order valence-electron chi connectivity index (χ0n) is 23.7. The Balaban J connectivity index is 0.000000475. The number of imidazole rings is 1. The van der Waals surface area contributed by atoms with Crippen molar-refractivity contribution in [1.29, 1.82) is 0 Å². The smallest absolute Gasteiger partial charge is 0.384 e. The van der Waals surface area contributed by atoms with E-state index < -0.39 is 12.6 Å². The third-order valence-corrected chi connectivity index (χ3v) is 7.57. The molecule has 228 valence electrons. The van der Waals surface area contributed by atoms with E-state index in [0.717, 1.165) is 43.7 Å². The Hall–Kier alpha value is -4.29. The van der Waals surface area contributed by atoms with Crippen LogP contribution in [0.4, 0.5) is 19.0 Å². The molecule has 15 heteroatoms. The Labute approximate surface area is 251 Å². The predicted octanol–water partition coefficient (Wildman–Crippen LogP) is 4.95. The van der Waals surface area contributed by atoms with E-state index in [1.807, 2.05) is 12.4 Å². The van der Waals surface area contributed by atoms with Gasteiger partial charge < -0.3 is 19.5 Å². The van der Waals surface area contributed by atoms with Gasteiger partial charge in [0.1, 0.15) is 17.8 Å². The van der Waals surface area contributed by atoms with Crippen molar-refractivity contribution < 1.29 is 22.7 Å². The predicted molar refractivity (Wildman–Crippen MR) is 158 cm³/mol. The minimum atomic E-state index is -3.96. The van der Waals surface area contributed by atoms with Crippen LogP contribution in [0.25, 0.3) is 16.5 Å². The van der Waals surface area contributed by atoms with Gasteiger partial charge in [0, 0.05) is 56.5 Å². The summed E-state index contributed by atoms with van der Waals surface area (Å²) in [5.41, 5.74) is 3.56. The lowest BCUT2D eigenvalue weighted by Gasteiger charge is -2.41. The molecule has 43 heavy (non-hydrogen) atoms. The Kier molecular flexibility index (Phi) is 10.5. The Morgan fingerprint density at radius 3 is 2.63 bits per heavy atom. The number of hydrogen-bond acceptors (Lipinski definition) is 9. The standard InChI is InChI=1S/C23H25N9O2S.C3H5F3.C2H2/c1-34-10-14-7-31(8-14)19-6-24-16(4-5-18(19)32-9-17(26-13-32)15-2-3-15)22(33)28-20-11-35-23(29-20)21-25-12-27-30-21;1-2-3(4,5)6;1-2/h4,6,9,11-15H,2-3,5,7-8,10H2,1H3,(H,28,33)(H,25,27,30);2H2,1H3;1-2H. The van der Waals surface area contributed by atoms with Gasteiger partial charge in [-0.3, -0.25) is 9.89 Å². The van der Waals surface area contributed by atoms with E-state index in [1.54, 1.807) is 18.7 Å². The fourth-order valence-electron chi connectivity index (χ4n) is 4.32. The molecular formula is C28H32F3N9O2S. The molecular weight excluding hydrogens is 583 g/mol. The van der Waals surface area contributed by atoms with Crippen molar-refractivity contribution in [2.24, 2.45) is 10.9 Å². The monoisotopic (exact) mass is 615 g/mol. The Morgan fingerprint density at radius 1 is 1.26 bits per heavy atom. The summed E-state index contributed by atoms with van der Waals surface area (Å²) >= 11 is 1.37. The molecule has 2 aliphatic heterocycles. The number of nitrogens with one attached hydrogen (secondary N) is 2. The first-order valence-corrected chi connectivity index (χ1v) is 14.4. The maximum Gasteiger partial charge on any atom is 0.388 e. The number of terminal acetylenes is 1. The van der Waals surface area contributed by atoms with E-state index in [4.69, 9.17) is 4.74 Å². The number of ether oxygens (including phenoxy) is 1. The number of rotatable bonds is 8. The number of carbonyl (C=O) groups excluding carboxylic acids is 1. The number of amides is 1. The molecule has 2 fully saturated rings. The molecule has 3 aromatic rings. The molecule has 0 bridgehead atoms. The van der Waals surface area contributed by atoms with Crippen LogP contribution >= 0.6 is 11.3 Å². The summed E-state index contributed by atoms with van der Waals surface area (Å²) in [6, 6.07) is 0. The number of thiazole rings is 1. The van der Waals surface area contributed by atoms with Gasteiger partial charge in [-0.15, -0.1) is 24.2 Å². The molecule has 3 aliphatic rings. The summed E-state index contributed by atoms with van der Waals surface area (Å²) in [6.07, 6.45) is 15.4. The molecule has 0 aromatic carbocycles. The van der Waals surface area contributed by atoms with E-state index in [0.29, 0.717) is 40.6 Å². The number of likely N-dealkylation sites (tertiary alicyclic amines) is 1. The highest BCUT2D eigenvalue weighted by molar-refractivity contribution is 7.13. The number of alkyl halides is 3. The highest BCUT2D eigenvalue weighted by Crippen LogP contribution is 2.39. The van der Waals surface area contributed by atoms with Crippen molar-refractivity contribution in [3.63, 3.8) is 0 Å². The van der Waals surface area contributed by atoms with Crippen LogP contribution in [0.2, 0.25) is 0 Å². The number of carbonyl (C=O) groups is 1. The first-order valence-electron chi connectivity index (χ1n) is 13.5. The van der Waals surface area contributed by atoms with Gasteiger partial charge in [-0.25, -0.2) is 19.9 Å². The van der Waals surface area contributed by atoms with Crippen molar-refractivity contribution in [1.82, 2.24) is 34.6 Å². The molecule has 5 heterocycles. The number of anilines is 1. The van der Waals surface area contributed by atoms with Crippen LogP contribution in [0.1, 0.15) is 44.2 Å². The molecule has 0 radical (unpaired) electrons. The molecule has 11 nitrogen and oxygen atoms in total. The lowest BCUT2D eigenvalue weighted by molar-refractivity contribution is -0.130. The van der Waals surface area contributed by atoms with Crippen LogP contribution < -0.4 is 5.32 Å². The summed E-state index contributed by atoms with van der Waals surface area (Å²) in [5, 5.41) is 11.9. The van der Waals surface area contributed by atoms with Crippen molar-refractivity contribution in [2.45, 2.75) is 44.7 Å². The van der Waals surface area contributed by atoms with Crippen LogP contribution in [0.15, 0.2) is 46.7 Å². The number of aromatic amines is 1. The van der Waals surface area contributed by atoms with Gasteiger partial charge in [0.2, 0.25) is 0 Å². The third-order valence-electron chi connectivity index (χ3n) is 6.72. The minimum absolute atomic E-state index is 0.304. The zero-order chi connectivity index (χ0) is 31.0. The molecule has 0 unspecified atom stereocenters. The lowest BCUT2D eigenvalue weighted by Crippen LogP contribution is -2.48. The number of H-pyrrole nitrogens is 1. The molecule has 1 saturated carbocycles. The molecule has 1 saturated heterocycles. The largest absolute Gasteiger partial charge is 0.388 e. The summed E-state index contributed by atoms with van der Waals surface area (Å²) < 4.78 is 39.8. The van der Waals surface area contributed by atoms with Gasteiger partial charge in [0.05, 0.1) is 36.2 Å². The first kappa shape index (κ1) is 31.6. The second-order valence-electron chi connectivity index (χ2n) is 9.88. The van der Waals surface area contributed by atoms with Crippen molar-refractivity contribution in [3.8, 4) is 23.7 Å². The molecule has 0 spiro atoms. The molecule has 2 N–H and O–H groups in total. The molecule has 1 aliphatic carbocycles. The molecule has 6 rings (SSSR count). The van der Waals surface area contributed by atoms with Crippen LogP contribution in [0.3, 0.4) is 0 Å². The number of methoxy groups -OCH3 is 1.